The van der Waals surface area contributed by atoms with Crippen molar-refractivity contribution < 1.29 is 33.7 Å². The molecule has 5 aliphatic rings. The van der Waals surface area contributed by atoms with Gasteiger partial charge >= 0.3 is 11.9 Å². The molecule has 2 bridgehead atoms. The number of ketones is 1. The minimum atomic E-state index is -1.05. The van der Waals surface area contributed by atoms with Crippen LogP contribution in [0, 0.1) is 62.6 Å². The van der Waals surface area contributed by atoms with Crippen molar-refractivity contribution in [2.24, 2.45) is 62.6 Å². The van der Waals surface area contributed by atoms with Gasteiger partial charge in [-0.3, -0.25) is 14.4 Å². The lowest BCUT2D eigenvalue weighted by atomic mass is 9.34. The van der Waals surface area contributed by atoms with Crippen LogP contribution in [-0.2, 0) is 28.6 Å². The Hall–Kier alpha value is -1.77. The minimum absolute atomic E-state index is 0.0385. The van der Waals surface area contributed by atoms with E-state index >= 15 is 0 Å². The third-order valence-electron chi connectivity index (χ3n) is 16.1. The van der Waals surface area contributed by atoms with Gasteiger partial charge < -0.3 is 24.2 Å². The van der Waals surface area contributed by atoms with Crippen molar-refractivity contribution in [2.45, 2.75) is 126 Å². The van der Waals surface area contributed by atoms with Crippen LogP contribution in [0.25, 0.3) is 0 Å². The van der Waals surface area contributed by atoms with Gasteiger partial charge in [-0.25, -0.2) is 0 Å². The number of hydrogen-bond acceptors (Lipinski definition) is 7. The van der Waals surface area contributed by atoms with E-state index in [1.807, 2.05) is 13.0 Å². The van der Waals surface area contributed by atoms with Crippen molar-refractivity contribution in [1.29, 1.82) is 0 Å². The number of fused-ring (bicyclic) bond motifs is 3. The lowest BCUT2D eigenvalue weighted by molar-refractivity contribution is -0.270. The summed E-state index contributed by atoms with van der Waals surface area (Å²) in [4.78, 5) is 43.2. The highest BCUT2D eigenvalue weighted by atomic mass is 16.6. The Morgan fingerprint density at radius 3 is 2.25 bits per heavy atom. The molecule has 0 aromatic rings. The van der Waals surface area contributed by atoms with E-state index in [4.69, 9.17) is 14.2 Å². The minimum Gasteiger partial charge on any atom is -0.481 e. The van der Waals surface area contributed by atoms with E-state index in [-0.39, 0.29) is 41.1 Å². The highest BCUT2D eigenvalue weighted by molar-refractivity contribution is 6.00. The Bertz CT molecular complexity index is 1330. The molecule has 0 spiro atoms. The number of rotatable bonds is 9. The highest BCUT2D eigenvalue weighted by Gasteiger charge is 2.74. The number of hydrogen-bond donors (Lipinski definition) is 1. The smallest absolute Gasteiger partial charge is 0.308 e. The molecule has 0 radical (unpaired) electrons. The van der Waals surface area contributed by atoms with Gasteiger partial charge in [-0.05, 0) is 99.6 Å². The number of allylic oxidation sites excluding steroid dienone is 1. The van der Waals surface area contributed by atoms with Gasteiger partial charge in [0.25, 0.3) is 0 Å². The first-order chi connectivity index (χ1) is 22.1. The molecule has 0 aromatic carbocycles. The molecule has 272 valence electrons. The van der Waals surface area contributed by atoms with Gasteiger partial charge in [-0.15, -0.1) is 0 Å². The number of aliphatic carboxylic acids is 1. The Labute approximate surface area is 290 Å². The number of carbonyl (C=O) groups is 3. The van der Waals surface area contributed by atoms with Gasteiger partial charge in [0.05, 0.1) is 25.7 Å². The van der Waals surface area contributed by atoms with Crippen LogP contribution in [0.1, 0.15) is 108 Å². The van der Waals surface area contributed by atoms with Crippen LogP contribution >= 0.6 is 0 Å². The van der Waals surface area contributed by atoms with E-state index in [0.717, 1.165) is 31.3 Å². The van der Waals surface area contributed by atoms with Crippen LogP contribution in [0.4, 0.5) is 0 Å². The van der Waals surface area contributed by atoms with Gasteiger partial charge in [0.2, 0.25) is 0 Å². The van der Waals surface area contributed by atoms with Crippen LogP contribution in [0.5, 0.6) is 0 Å². The topological polar surface area (TPSA) is 102 Å². The molecule has 1 aliphatic heterocycles. The summed E-state index contributed by atoms with van der Waals surface area (Å²) in [6, 6.07) is 0. The number of esters is 1. The fraction of sp³-hybridized carbons (Fsp3) is 0.875. The average molecular weight is 672 g/mol. The van der Waals surface area contributed by atoms with Crippen molar-refractivity contribution in [1.82, 2.24) is 4.90 Å². The molecule has 5 rings (SSSR count). The maximum Gasteiger partial charge on any atom is 0.308 e. The van der Waals surface area contributed by atoms with Crippen LogP contribution < -0.4 is 0 Å². The number of likely N-dealkylation sites (N-methyl/N-ethyl adjacent to an activating group) is 1. The van der Waals surface area contributed by atoms with Gasteiger partial charge in [-0.1, -0.05) is 67.9 Å². The maximum atomic E-state index is 14.9. The number of nitrogens with zero attached hydrogens (tertiary/aromatic N) is 1. The molecular formula is C40H65NO7. The molecule has 1 N–H and O–H groups in total. The summed E-state index contributed by atoms with van der Waals surface area (Å²) in [5, 5.41) is 11.0. The normalized spacial score (nSPS) is 44.3. The second kappa shape index (κ2) is 12.2. The molecule has 3 saturated carbocycles. The molecular weight excluding hydrogens is 606 g/mol. The molecule has 8 heteroatoms. The van der Waals surface area contributed by atoms with Crippen molar-refractivity contribution >= 4 is 17.7 Å². The number of carboxylic acids is 1. The lowest BCUT2D eigenvalue weighted by Crippen LogP contribution is -2.71. The fourth-order valence-electron chi connectivity index (χ4n) is 12.0. The van der Waals surface area contributed by atoms with E-state index < -0.39 is 45.1 Å². The summed E-state index contributed by atoms with van der Waals surface area (Å²) < 4.78 is 19.7. The van der Waals surface area contributed by atoms with Crippen LogP contribution in [0.3, 0.4) is 0 Å². The number of carbonyl (C=O) groups excluding carboxylic acids is 2. The first-order valence-corrected chi connectivity index (χ1v) is 18.6. The molecule has 4 aliphatic carbocycles. The zero-order valence-corrected chi connectivity index (χ0v) is 32.2. The van der Waals surface area contributed by atoms with Gasteiger partial charge in [0, 0.05) is 28.7 Å². The molecule has 0 amide bonds. The molecule has 1 saturated heterocycles. The van der Waals surface area contributed by atoms with Crippen LogP contribution in [-0.4, -0.2) is 79.4 Å². The van der Waals surface area contributed by atoms with Crippen molar-refractivity contribution in [3.8, 4) is 0 Å². The van der Waals surface area contributed by atoms with E-state index in [9.17, 15) is 19.5 Å². The standard InChI is InChI=1S/C40H65NO7/c1-23(2)25(5)35(7)16-17-37(9)27-14-15-30-36(8)20-46-22-40(30,28(27)18-31(43)39(37,11)32(35)34(44)45)19-29(48-26(6)42)33(36)47-21-38(10,24(3)4)41(12)13/h18,23-25,27,29-30,32-33H,14-17,19-22H2,1-13H3,(H,44,45)/t25-,27+,29-,30+,32-,33+,35-,36+,37-,38?,39+,40+/m1/s1. The van der Waals surface area contributed by atoms with Crippen LogP contribution in [0.15, 0.2) is 11.6 Å². The average Bonchev–Trinajstić information content (AvgIpc) is 2.97. The number of ether oxygens (including phenoxy) is 3. The second-order valence-electron chi connectivity index (χ2n) is 18.7. The third kappa shape index (κ3) is 5.03. The molecule has 0 aromatic heterocycles. The summed E-state index contributed by atoms with van der Waals surface area (Å²) >= 11 is 0. The lowest BCUT2D eigenvalue weighted by Gasteiger charge is -2.70. The monoisotopic (exact) mass is 671 g/mol. The largest absolute Gasteiger partial charge is 0.481 e. The Kier molecular flexibility index (Phi) is 9.51. The highest BCUT2D eigenvalue weighted by Crippen LogP contribution is 2.74. The van der Waals surface area contributed by atoms with Gasteiger partial charge in [-0.2, -0.15) is 0 Å². The summed E-state index contributed by atoms with van der Waals surface area (Å²) in [5.41, 5.74) is -2.15. The summed E-state index contributed by atoms with van der Waals surface area (Å²) in [5.74, 6) is -1.06. The van der Waals surface area contributed by atoms with E-state index in [2.05, 4.69) is 81.3 Å². The van der Waals surface area contributed by atoms with E-state index in [1.165, 1.54) is 6.92 Å². The first kappa shape index (κ1) is 37.5. The van der Waals surface area contributed by atoms with E-state index in [1.54, 1.807) is 0 Å². The van der Waals surface area contributed by atoms with Crippen molar-refractivity contribution in [2.75, 3.05) is 33.9 Å². The Morgan fingerprint density at radius 1 is 1.06 bits per heavy atom. The third-order valence-corrected chi connectivity index (χ3v) is 16.1. The molecule has 48 heavy (non-hydrogen) atoms. The van der Waals surface area contributed by atoms with Gasteiger partial charge in [0.15, 0.2) is 5.78 Å². The first-order valence-electron chi connectivity index (χ1n) is 18.6. The molecule has 4 fully saturated rings. The molecule has 1 unspecified atom stereocenters. The Balaban J connectivity index is 1.61. The van der Waals surface area contributed by atoms with Crippen LogP contribution in [0.2, 0.25) is 0 Å². The van der Waals surface area contributed by atoms with Gasteiger partial charge in [0.1, 0.15) is 12.2 Å². The quantitative estimate of drug-likeness (QED) is 0.260. The summed E-state index contributed by atoms with van der Waals surface area (Å²) in [6.45, 7) is 24.6. The molecule has 1 heterocycles. The molecule has 12 atom stereocenters. The van der Waals surface area contributed by atoms with Crippen molar-refractivity contribution in [3.63, 3.8) is 0 Å². The SMILES string of the molecule is CC(=O)O[C@@H]1C[C@@]23COC[C@@](C)([C@@H]2CC[C@H]2C3=CC(=O)[C@@]3(C)[C@H](C(=O)O)[C@@](C)([C@H](C)C(C)C)CC[C@]23C)[C@H]1OCC(C)(C(C)C)N(C)C. The maximum absolute atomic E-state index is 14.9. The predicted octanol–water partition coefficient (Wildman–Crippen LogP) is 7.05. The second-order valence-corrected chi connectivity index (χ2v) is 18.7. The fourth-order valence-corrected chi connectivity index (χ4v) is 12.0. The van der Waals surface area contributed by atoms with Crippen molar-refractivity contribution in [3.05, 3.63) is 11.6 Å². The summed E-state index contributed by atoms with van der Waals surface area (Å²) in [7, 11) is 4.16. The van der Waals surface area contributed by atoms with E-state index in [0.29, 0.717) is 38.1 Å². The number of carboxylic acid groups (broad SMARTS) is 1. The zero-order chi connectivity index (χ0) is 36.0. The Morgan fingerprint density at radius 2 is 1.71 bits per heavy atom. The molecule has 8 nitrogen and oxygen atoms in total. The zero-order valence-electron chi connectivity index (χ0n) is 32.2. The predicted molar refractivity (Wildman–Crippen MR) is 186 cm³/mol. The summed E-state index contributed by atoms with van der Waals surface area (Å²) in [6.07, 6.45) is 4.93.